The number of aromatic nitrogens is 5. The molecule has 0 fully saturated rings. The lowest BCUT2D eigenvalue weighted by atomic mass is 10.1. The van der Waals surface area contributed by atoms with Crippen molar-refractivity contribution in [3.63, 3.8) is 0 Å². The lowest BCUT2D eigenvalue weighted by Gasteiger charge is -2.05. The SMILES string of the molecule is COc1ccc(Cc2nnc(NCCc3nc4ccccc4[nH]3)[nH]c2=O)cc1. The van der Waals surface area contributed by atoms with E-state index < -0.39 is 0 Å². The standard InChI is InChI=1S/C20H20N6O2/c1-28-14-8-6-13(7-9-14)12-17-19(27)24-20(26-25-17)21-11-10-18-22-15-4-2-3-5-16(15)23-18/h2-9H,10-12H2,1H3,(H,22,23)(H2,21,24,26,27). The molecule has 2 aromatic carbocycles. The second-order valence-electron chi connectivity index (χ2n) is 6.35. The van der Waals surface area contributed by atoms with Crippen molar-refractivity contribution >= 4 is 17.0 Å². The summed E-state index contributed by atoms with van der Waals surface area (Å²) in [5, 5.41) is 11.2. The number of H-pyrrole nitrogens is 2. The van der Waals surface area contributed by atoms with Crippen LogP contribution >= 0.6 is 0 Å². The summed E-state index contributed by atoms with van der Waals surface area (Å²) in [6.45, 7) is 0.572. The number of imidazole rings is 1. The van der Waals surface area contributed by atoms with Crippen LogP contribution in [0.3, 0.4) is 0 Å². The molecule has 8 nitrogen and oxygen atoms in total. The first kappa shape index (κ1) is 17.7. The summed E-state index contributed by atoms with van der Waals surface area (Å²) in [4.78, 5) is 22.8. The molecule has 3 N–H and O–H groups in total. The first-order valence-corrected chi connectivity index (χ1v) is 8.97. The van der Waals surface area contributed by atoms with E-state index in [0.717, 1.165) is 28.2 Å². The monoisotopic (exact) mass is 376 g/mol. The van der Waals surface area contributed by atoms with Crippen molar-refractivity contribution in [1.29, 1.82) is 0 Å². The van der Waals surface area contributed by atoms with E-state index in [4.69, 9.17) is 4.74 Å². The summed E-state index contributed by atoms with van der Waals surface area (Å²) in [5.41, 5.74) is 3.03. The Hall–Kier alpha value is -3.68. The van der Waals surface area contributed by atoms with Crippen molar-refractivity contribution in [2.45, 2.75) is 12.8 Å². The minimum atomic E-state index is -0.253. The molecule has 8 heteroatoms. The maximum atomic E-state index is 12.3. The highest BCUT2D eigenvalue weighted by atomic mass is 16.5. The molecule has 0 atom stereocenters. The zero-order valence-corrected chi connectivity index (χ0v) is 15.4. The van der Waals surface area contributed by atoms with Crippen molar-refractivity contribution < 1.29 is 4.74 Å². The highest BCUT2D eigenvalue weighted by molar-refractivity contribution is 5.74. The number of ether oxygens (including phenoxy) is 1. The van der Waals surface area contributed by atoms with Crippen molar-refractivity contribution in [3.05, 3.63) is 76.0 Å². The first-order chi connectivity index (χ1) is 13.7. The average Bonchev–Trinajstić information content (AvgIpc) is 3.13. The molecule has 0 amide bonds. The summed E-state index contributed by atoms with van der Waals surface area (Å²) in [6.07, 6.45) is 1.08. The Morgan fingerprint density at radius 2 is 1.86 bits per heavy atom. The minimum Gasteiger partial charge on any atom is -0.497 e. The molecule has 0 bridgehead atoms. The molecule has 0 unspecified atom stereocenters. The minimum absolute atomic E-state index is 0.253. The van der Waals surface area contributed by atoms with Gasteiger partial charge < -0.3 is 15.0 Å². The van der Waals surface area contributed by atoms with Gasteiger partial charge in [-0.25, -0.2) is 4.98 Å². The van der Waals surface area contributed by atoms with Gasteiger partial charge in [0.15, 0.2) is 0 Å². The molecule has 0 radical (unpaired) electrons. The molecule has 0 saturated carbocycles. The van der Waals surface area contributed by atoms with Crippen molar-refractivity contribution in [2.24, 2.45) is 0 Å². The Morgan fingerprint density at radius 1 is 1.04 bits per heavy atom. The zero-order chi connectivity index (χ0) is 19.3. The highest BCUT2D eigenvalue weighted by Gasteiger charge is 2.07. The van der Waals surface area contributed by atoms with Crippen LogP contribution in [0.25, 0.3) is 11.0 Å². The summed E-state index contributed by atoms with van der Waals surface area (Å²) in [6, 6.07) is 15.4. The summed E-state index contributed by atoms with van der Waals surface area (Å²) >= 11 is 0. The molecule has 0 saturated heterocycles. The Balaban J connectivity index is 1.36. The summed E-state index contributed by atoms with van der Waals surface area (Å²) in [7, 11) is 1.62. The fraction of sp³-hybridized carbons (Fsp3) is 0.200. The predicted octanol–water partition coefficient (Wildman–Crippen LogP) is 2.30. The van der Waals surface area contributed by atoms with Crippen molar-refractivity contribution in [2.75, 3.05) is 19.0 Å². The third-order valence-electron chi connectivity index (χ3n) is 4.39. The fourth-order valence-corrected chi connectivity index (χ4v) is 2.92. The number of nitrogens with one attached hydrogen (secondary N) is 3. The van der Waals surface area contributed by atoms with Gasteiger partial charge in [-0.05, 0) is 29.8 Å². The van der Waals surface area contributed by atoms with E-state index in [1.807, 2.05) is 48.5 Å². The van der Waals surface area contributed by atoms with Crippen LogP contribution < -0.4 is 15.6 Å². The van der Waals surface area contributed by atoms with Crippen LogP contribution in [0.5, 0.6) is 5.75 Å². The molecule has 4 rings (SSSR count). The van der Waals surface area contributed by atoms with Crippen LogP contribution in [0.15, 0.2) is 53.3 Å². The molecule has 28 heavy (non-hydrogen) atoms. The molecular weight excluding hydrogens is 356 g/mol. The second-order valence-corrected chi connectivity index (χ2v) is 6.35. The number of methoxy groups -OCH3 is 1. The lowest BCUT2D eigenvalue weighted by Crippen LogP contribution is -2.20. The van der Waals surface area contributed by atoms with Gasteiger partial charge in [0.1, 0.15) is 17.3 Å². The molecule has 142 valence electrons. The number of fused-ring (bicyclic) bond motifs is 1. The third-order valence-corrected chi connectivity index (χ3v) is 4.39. The maximum Gasteiger partial charge on any atom is 0.274 e. The van der Waals surface area contributed by atoms with Gasteiger partial charge in [0, 0.05) is 19.4 Å². The second kappa shape index (κ2) is 7.91. The lowest BCUT2D eigenvalue weighted by molar-refractivity contribution is 0.414. The van der Waals surface area contributed by atoms with Crippen LogP contribution in [0.2, 0.25) is 0 Å². The Bertz CT molecular complexity index is 1100. The number of hydrogen-bond donors (Lipinski definition) is 3. The van der Waals surface area contributed by atoms with E-state index >= 15 is 0 Å². The number of hydrogen-bond acceptors (Lipinski definition) is 6. The predicted molar refractivity (Wildman–Crippen MR) is 107 cm³/mol. The Kier molecular flexibility index (Phi) is 5.01. The zero-order valence-electron chi connectivity index (χ0n) is 15.4. The molecular formula is C20H20N6O2. The van der Waals surface area contributed by atoms with E-state index in [1.165, 1.54) is 0 Å². The van der Waals surface area contributed by atoms with Gasteiger partial charge in [0.05, 0.1) is 18.1 Å². The largest absolute Gasteiger partial charge is 0.497 e. The third kappa shape index (κ3) is 4.01. The molecule has 2 aromatic heterocycles. The van der Waals surface area contributed by atoms with Crippen molar-refractivity contribution in [3.8, 4) is 5.75 Å². The number of benzene rings is 2. The molecule has 0 aliphatic heterocycles. The van der Waals surface area contributed by atoms with Gasteiger partial charge in [0.2, 0.25) is 5.95 Å². The average molecular weight is 376 g/mol. The van der Waals surface area contributed by atoms with Crippen LogP contribution in [-0.4, -0.2) is 38.8 Å². The van der Waals surface area contributed by atoms with Gasteiger partial charge in [-0.3, -0.25) is 9.78 Å². The van der Waals surface area contributed by atoms with Crippen molar-refractivity contribution in [1.82, 2.24) is 25.1 Å². The molecule has 0 aliphatic rings. The topological polar surface area (TPSA) is 109 Å². The molecule has 4 aromatic rings. The quantitative estimate of drug-likeness (QED) is 0.457. The van der Waals surface area contributed by atoms with Gasteiger partial charge >= 0.3 is 0 Å². The number of rotatable bonds is 7. The van der Waals surface area contributed by atoms with E-state index in [9.17, 15) is 4.79 Å². The number of anilines is 1. The normalized spacial score (nSPS) is 10.9. The Labute approximate surface area is 161 Å². The van der Waals surface area contributed by atoms with Gasteiger partial charge in [-0.2, -0.15) is 0 Å². The smallest absolute Gasteiger partial charge is 0.274 e. The van der Waals surface area contributed by atoms with Gasteiger partial charge in [-0.15, -0.1) is 10.2 Å². The van der Waals surface area contributed by atoms with Crippen LogP contribution in [0, 0.1) is 0 Å². The molecule has 0 spiro atoms. The van der Waals surface area contributed by atoms with E-state index in [2.05, 4.69) is 30.5 Å². The molecule has 2 heterocycles. The van der Waals surface area contributed by atoms with Crippen LogP contribution in [0.1, 0.15) is 17.1 Å². The molecule has 0 aliphatic carbocycles. The first-order valence-electron chi connectivity index (χ1n) is 8.97. The number of para-hydroxylation sites is 2. The fourth-order valence-electron chi connectivity index (χ4n) is 2.92. The number of aromatic amines is 2. The summed E-state index contributed by atoms with van der Waals surface area (Å²) in [5.74, 6) is 1.99. The van der Waals surface area contributed by atoms with Gasteiger partial charge in [-0.1, -0.05) is 24.3 Å². The van der Waals surface area contributed by atoms with Crippen LogP contribution in [-0.2, 0) is 12.8 Å². The Morgan fingerprint density at radius 3 is 2.61 bits per heavy atom. The van der Waals surface area contributed by atoms with Gasteiger partial charge in [0.25, 0.3) is 5.56 Å². The summed E-state index contributed by atoms with van der Waals surface area (Å²) < 4.78 is 5.13. The van der Waals surface area contributed by atoms with E-state index in [-0.39, 0.29) is 5.56 Å². The maximum absolute atomic E-state index is 12.3. The number of nitrogens with zero attached hydrogens (tertiary/aromatic N) is 3. The van der Waals surface area contributed by atoms with Crippen LogP contribution in [0.4, 0.5) is 5.95 Å². The van der Waals surface area contributed by atoms with E-state index in [1.54, 1.807) is 7.11 Å². The highest BCUT2D eigenvalue weighted by Crippen LogP contribution is 2.13. The van der Waals surface area contributed by atoms with E-state index in [0.29, 0.717) is 31.0 Å².